The van der Waals surface area contributed by atoms with Crippen LogP contribution in [0.2, 0.25) is 0 Å². The minimum Gasteiger partial charge on any atom is -0.466 e. The van der Waals surface area contributed by atoms with Gasteiger partial charge in [0.05, 0.1) is 25.8 Å². The van der Waals surface area contributed by atoms with E-state index in [2.05, 4.69) is 5.32 Å². The first-order valence-corrected chi connectivity index (χ1v) is 9.12. The number of rotatable bonds is 6. The summed E-state index contributed by atoms with van der Waals surface area (Å²) in [6, 6.07) is 6.80. The highest BCUT2D eigenvalue weighted by Gasteiger charge is 2.34. The summed E-state index contributed by atoms with van der Waals surface area (Å²) < 4.78 is 10.1. The topological polar surface area (TPSA) is 108 Å². The number of amides is 2. The quantitative estimate of drug-likeness (QED) is 0.694. The molecule has 0 bridgehead atoms. The van der Waals surface area contributed by atoms with Crippen LogP contribution in [0, 0.1) is 0 Å². The summed E-state index contributed by atoms with van der Waals surface area (Å²) in [6.07, 6.45) is -0.518. The fourth-order valence-corrected chi connectivity index (χ4v) is 2.72. The number of methoxy groups -OCH3 is 1. The second-order valence-corrected chi connectivity index (χ2v) is 7.51. The SMILES string of the molecule is COC(=O)C1=C(Nc2cccc(N(C)C(=O)OC(C)(C)C)c2)C(=O)N(CCO)C1. The van der Waals surface area contributed by atoms with Crippen LogP contribution in [-0.2, 0) is 19.1 Å². The average molecular weight is 405 g/mol. The molecule has 1 aliphatic heterocycles. The number of anilines is 2. The number of benzene rings is 1. The zero-order valence-electron chi connectivity index (χ0n) is 17.3. The second kappa shape index (κ2) is 8.95. The molecule has 0 radical (unpaired) electrons. The number of aliphatic hydroxyl groups excluding tert-OH is 1. The number of esters is 1. The van der Waals surface area contributed by atoms with E-state index in [9.17, 15) is 14.4 Å². The maximum absolute atomic E-state index is 12.6. The van der Waals surface area contributed by atoms with E-state index in [0.717, 1.165) is 0 Å². The maximum atomic E-state index is 12.6. The largest absolute Gasteiger partial charge is 0.466 e. The predicted molar refractivity (Wildman–Crippen MR) is 107 cm³/mol. The molecule has 1 aromatic carbocycles. The van der Waals surface area contributed by atoms with E-state index < -0.39 is 23.6 Å². The first-order chi connectivity index (χ1) is 13.6. The molecule has 2 N–H and O–H groups in total. The molecule has 0 atom stereocenters. The lowest BCUT2D eigenvalue weighted by atomic mass is 10.2. The summed E-state index contributed by atoms with van der Waals surface area (Å²) in [5.41, 5.74) is 0.684. The minimum atomic E-state index is -0.631. The van der Waals surface area contributed by atoms with Crippen molar-refractivity contribution in [1.82, 2.24) is 4.90 Å². The summed E-state index contributed by atoms with van der Waals surface area (Å²) in [7, 11) is 2.82. The van der Waals surface area contributed by atoms with E-state index >= 15 is 0 Å². The monoisotopic (exact) mass is 405 g/mol. The van der Waals surface area contributed by atoms with Crippen molar-refractivity contribution in [2.24, 2.45) is 0 Å². The Labute approximate surface area is 169 Å². The average Bonchev–Trinajstić information content (AvgIpc) is 2.95. The van der Waals surface area contributed by atoms with Crippen LogP contribution in [0.25, 0.3) is 0 Å². The van der Waals surface area contributed by atoms with Gasteiger partial charge in [-0.05, 0) is 39.0 Å². The van der Waals surface area contributed by atoms with Crippen LogP contribution < -0.4 is 10.2 Å². The zero-order valence-corrected chi connectivity index (χ0v) is 17.3. The Morgan fingerprint density at radius 3 is 2.59 bits per heavy atom. The summed E-state index contributed by atoms with van der Waals surface area (Å²) in [6.45, 7) is 5.27. The van der Waals surface area contributed by atoms with E-state index in [1.165, 1.54) is 16.9 Å². The van der Waals surface area contributed by atoms with Crippen molar-refractivity contribution < 1.29 is 29.0 Å². The van der Waals surface area contributed by atoms with Crippen LogP contribution in [0.1, 0.15) is 20.8 Å². The molecule has 9 heteroatoms. The minimum absolute atomic E-state index is 0.0475. The Kier molecular flexibility index (Phi) is 6.86. The predicted octanol–water partition coefficient (Wildman–Crippen LogP) is 1.73. The van der Waals surface area contributed by atoms with Crippen LogP contribution in [-0.4, -0.2) is 67.4 Å². The van der Waals surface area contributed by atoms with Crippen molar-refractivity contribution >= 4 is 29.3 Å². The van der Waals surface area contributed by atoms with Crippen LogP contribution >= 0.6 is 0 Å². The van der Waals surface area contributed by atoms with Gasteiger partial charge in [0.2, 0.25) is 0 Å². The number of aliphatic hydroxyl groups is 1. The molecule has 2 rings (SSSR count). The Hall–Kier alpha value is -3.07. The van der Waals surface area contributed by atoms with E-state index in [1.54, 1.807) is 52.1 Å². The number of carbonyl (C=O) groups excluding carboxylic acids is 3. The van der Waals surface area contributed by atoms with Crippen molar-refractivity contribution in [2.45, 2.75) is 26.4 Å². The number of hydrogen-bond acceptors (Lipinski definition) is 7. The molecule has 0 saturated carbocycles. The van der Waals surface area contributed by atoms with Crippen LogP contribution in [0.15, 0.2) is 35.5 Å². The molecule has 0 fully saturated rings. The first-order valence-electron chi connectivity index (χ1n) is 9.12. The molecule has 2 amide bonds. The molecule has 29 heavy (non-hydrogen) atoms. The Bertz CT molecular complexity index is 828. The number of ether oxygens (including phenoxy) is 2. The lowest BCUT2D eigenvalue weighted by Gasteiger charge is -2.25. The molecule has 0 saturated heterocycles. The van der Waals surface area contributed by atoms with Gasteiger partial charge >= 0.3 is 12.1 Å². The fraction of sp³-hybridized carbons (Fsp3) is 0.450. The summed E-state index contributed by atoms with van der Waals surface area (Å²) in [5, 5.41) is 12.1. The van der Waals surface area contributed by atoms with Crippen LogP contribution in [0.4, 0.5) is 16.2 Å². The number of hydrogen-bond donors (Lipinski definition) is 2. The molecular weight excluding hydrogens is 378 g/mol. The summed E-state index contributed by atoms with van der Waals surface area (Å²) in [5.74, 6) is -1.03. The fourth-order valence-electron chi connectivity index (χ4n) is 2.72. The highest BCUT2D eigenvalue weighted by molar-refractivity contribution is 6.08. The number of nitrogens with zero attached hydrogens (tertiary/aromatic N) is 2. The lowest BCUT2D eigenvalue weighted by molar-refractivity contribution is -0.136. The zero-order chi connectivity index (χ0) is 21.8. The van der Waals surface area contributed by atoms with Gasteiger partial charge in [0.1, 0.15) is 11.3 Å². The van der Waals surface area contributed by atoms with Crippen molar-refractivity contribution in [3.63, 3.8) is 0 Å². The number of β-amino-alcohol motifs (C(OH)–C–C–N with tert-alkyl or cyclic N) is 1. The van der Waals surface area contributed by atoms with E-state index in [4.69, 9.17) is 14.6 Å². The third-order valence-corrected chi connectivity index (χ3v) is 4.12. The van der Waals surface area contributed by atoms with Gasteiger partial charge in [0.15, 0.2) is 0 Å². The van der Waals surface area contributed by atoms with Gasteiger partial charge in [-0.25, -0.2) is 9.59 Å². The molecule has 1 aromatic rings. The third kappa shape index (κ3) is 5.47. The normalized spacial score (nSPS) is 14.1. The molecule has 0 aliphatic carbocycles. The Morgan fingerprint density at radius 1 is 1.31 bits per heavy atom. The molecule has 1 heterocycles. The lowest BCUT2D eigenvalue weighted by Crippen LogP contribution is -2.34. The van der Waals surface area contributed by atoms with Gasteiger partial charge in [-0.3, -0.25) is 9.69 Å². The van der Waals surface area contributed by atoms with Crippen molar-refractivity contribution in [1.29, 1.82) is 0 Å². The van der Waals surface area contributed by atoms with Gasteiger partial charge in [-0.15, -0.1) is 0 Å². The van der Waals surface area contributed by atoms with Crippen molar-refractivity contribution in [2.75, 3.05) is 44.1 Å². The van der Waals surface area contributed by atoms with Gasteiger partial charge in [-0.2, -0.15) is 0 Å². The van der Waals surface area contributed by atoms with E-state index in [1.807, 2.05) is 0 Å². The Morgan fingerprint density at radius 2 is 2.00 bits per heavy atom. The van der Waals surface area contributed by atoms with Crippen LogP contribution in [0.3, 0.4) is 0 Å². The van der Waals surface area contributed by atoms with Gasteiger partial charge < -0.3 is 24.8 Å². The highest BCUT2D eigenvalue weighted by atomic mass is 16.6. The summed E-state index contributed by atoms with van der Waals surface area (Å²) >= 11 is 0. The molecule has 1 aliphatic rings. The van der Waals surface area contributed by atoms with Gasteiger partial charge in [0.25, 0.3) is 5.91 Å². The van der Waals surface area contributed by atoms with Crippen LogP contribution in [0.5, 0.6) is 0 Å². The van der Waals surface area contributed by atoms with E-state index in [0.29, 0.717) is 11.4 Å². The number of nitrogens with one attached hydrogen (secondary N) is 1. The Balaban J connectivity index is 2.27. The van der Waals surface area contributed by atoms with Gasteiger partial charge in [0, 0.05) is 25.0 Å². The molecule has 9 nitrogen and oxygen atoms in total. The molecule has 158 valence electrons. The third-order valence-electron chi connectivity index (χ3n) is 4.12. The standard InChI is InChI=1S/C20H27N3O6/c1-20(2,3)29-19(27)22(4)14-8-6-7-13(11-14)21-16-15(18(26)28-5)12-23(9-10-24)17(16)25/h6-8,11,21,24H,9-10,12H2,1-5H3. The molecule has 0 aromatic heterocycles. The molecule has 0 spiro atoms. The van der Waals surface area contributed by atoms with Gasteiger partial charge in [-0.1, -0.05) is 6.07 Å². The first kappa shape index (κ1) is 22.2. The second-order valence-electron chi connectivity index (χ2n) is 7.51. The molecule has 0 unspecified atom stereocenters. The highest BCUT2D eigenvalue weighted by Crippen LogP contribution is 2.26. The van der Waals surface area contributed by atoms with Crippen molar-refractivity contribution in [3.8, 4) is 0 Å². The molecular formula is C20H27N3O6. The van der Waals surface area contributed by atoms with Crippen molar-refractivity contribution in [3.05, 3.63) is 35.5 Å². The smallest absolute Gasteiger partial charge is 0.414 e. The number of carbonyl (C=O) groups is 3. The van der Waals surface area contributed by atoms with E-state index in [-0.39, 0.29) is 31.0 Å². The summed E-state index contributed by atoms with van der Waals surface area (Å²) in [4.78, 5) is 39.7. The maximum Gasteiger partial charge on any atom is 0.414 e.